The van der Waals surface area contributed by atoms with Gasteiger partial charge in [0.25, 0.3) is 0 Å². The first-order valence-electron chi connectivity index (χ1n) is 8.03. The molecule has 0 spiro atoms. The van der Waals surface area contributed by atoms with Gasteiger partial charge in [0.05, 0.1) is 0 Å². The zero-order valence-electron chi connectivity index (χ0n) is 14.2. The number of hydrogen-bond acceptors (Lipinski definition) is 3. The molecule has 3 aromatic rings. The predicted octanol–water partition coefficient (Wildman–Crippen LogP) is 7.84. The Labute approximate surface area is 176 Å². The molecule has 0 aliphatic carbocycles. The van der Waals surface area contributed by atoms with Crippen LogP contribution in [0, 0.1) is 6.92 Å². The molecule has 0 aliphatic heterocycles. The van der Waals surface area contributed by atoms with E-state index in [-0.39, 0.29) is 0 Å². The molecule has 5 heteroatoms. The summed E-state index contributed by atoms with van der Waals surface area (Å²) < 4.78 is 1.07. The number of pyridine rings is 1. The van der Waals surface area contributed by atoms with Gasteiger partial charge in [-0.15, -0.1) is 6.58 Å². The molecule has 1 aromatic heterocycles. The fourth-order valence-electron chi connectivity index (χ4n) is 2.42. The lowest BCUT2D eigenvalue weighted by molar-refractivity contribution is 0.943. The number of halogens is 2. The van der Waals surface area contributed by atoms with E-state index >= 15 is 0 Å². The van der Waals surface area contributed by atoms with E-state index in [0.717, 1.165) is 31.5 Å². The van der Waals surface area contributed by atoms with Gasteiger partial charge in [-0.1, -0.05) is 57.1 Å². The Morgan fingerprint density at radius 2 is 1.65 bits per heavy atom. The molecule has 0 saturated heterocycles. The third-order valence-corrected chi connectivity index (χ3v) is 6.65. The van der Waals surface area contributed by atoms with Gasteiger partial charge in [0.15, 0.2) is 0 Å². The van der Waals surface area contributed by atoms with Crippen LogP contribution in [0.25, 0.3) is 0 Å². The molecule has 1 nitrogen and oxygen atoms in total. The molecule has 0 atom stereocenters. The third-order valence-electron chi connectivity index (χ3n) is 3.57. The van der Waals surface area contributed by atoms with Crippen molar-refractivity contribution in [2.75, 3.05) is 0 Å². The standard InChI is InChI=1S/C21H17BrClNS2/c1-3-4-15-13-14(2)24-21(26-19-11-7-17(23)8-12-19)20(15)25-18-9-5-16(22)6-10-18/h3,5-13H,1,4H2,2H3. The zero-order chi connectivity index (χ0) is 18.5. The Morgan fingerprint density at radius 1 is 1.04 bits per heavy atom. The lowest BCUT2D eigenvalue weighted by atomic mass is 10.2. The molecule has 0 N–H and O–H groups in total. The average Bonchev–Trinajstić information content (AvgIpc) is 2.62. The lowest BCUT2D eigenvalue weighted by Crippen LogP contribution is -1.96. The van der Waals surface area contributed by atoms with E-state index in [4.69, 9.17) is 16.6 Å². The second-order valence-electron chi connectivity index (χ2n) is 5.66. The highest BCUT2D eigenvalue weighted by Gasteiger charge is 2.14. The second kappa shape index (κ2) is 9.14. The van der Waals surface area contributed by atoms with Crippen LogP contribution in [0.15, 0.2) is 91.4 Å². The van der Waals surface area contributed by atoms with Crippen LogP contribution in [0.5, 0.6) is 0 Å². The van der Waals surface area contributed by atoms with E-state index in [0.29, 0.717) is 0 Å². The third kappa shape index (κ3) is 5.17. The van der Waals surface area contributed by atoms with Gasteiger partial charge >= 0.3 is 0 Å². The summed E-state index contributed by atoms with van der Waals surface area (Å²) in [5.74, 6) is 0. The van der Waals surface area contributed by atoms with Crippen LogP contribution in [-0.4, -0.2) is 4.98 Å². The van der Waals surface area contributed by atoms with Crippen LogP contribution in [0.3, 0.4) is 0 Å². The first kappa shape index (κ1) is 19.6. The summed E-state index contributed by atoms with van der Waals surface area (Å²) in [5.41, 5.74) is 2.26. The van der Waals surface area contributed by atoms with Gasteiger partial charge in [0, 0.05) is 29.9 Å². The SMILES string of the molecule is C=CCc1cc(C)nc(Sc2ccc(Cl)cc2)c1Sc1ccc(Br)cc1. The van der Waals surface area contributed by atoms with Crippen LogP contribution in [0.4, 0.5) is 0 Å². The van der Waals surface area contributed by atoms with Crippen molar-refractivity contribution in [1.29, 1.82) is 0 Å². The van der Waals surface area contributed by atoms with Gasteiger partial charge in [-0.2, -0.15) is 0 Å². The van der Waals surface area contributed by atoms with Gasteiger partial charge in [0.2, 0.25) is 0 Å². The van der Waals surface area contributed by atoms with Crippen molar-refractivity contribution in [2.24, 2.45) is 0 Å². The van der Waals surface area contributed by atoms with E-state index < -0.39 is 0 Å². The largest absolute Gasteiger partial charge is 0.245 e. The Hall–Kier alpha value is -1.20. The molecule has 0 unspecified atom stereocenters. The quantitative estimate of drug-likeness (QED) is 0.346. The maximum Gasteiger partial charge on any atom is 0.115 e. The molecule has 0 saturated carbocycles. The highest BCUT2D eigenvalue weighted by atomic mass is 79.9. The molecule has 132 valence electrons. The van der Waals surface area contributed by atoms with Crippen molar-refractivity contribution < 1.29 is 0 Å². The van der Waals surface area contributed by atoms with E-state index in [1.165, 1.54) is 15.4 Å². The van der Waals surface area contributed by atoms with Crippen molar-refractivity contribution in [2.45, 2.75) is 33.1 Å². The van der Waals surface area contributed by atoms with Gasteiger partial charge in [-0.25, -0.2) is 4.98 Å². The summed E-state index contributed by atoms with van der Waals surface area (Å²) in [5, 5.41) is 1.75. The molecular formula is C21H17BrClNS2. The zero-order valence-corrected chi connectivity index (χ0v) is 18.2. The fraction of sp³-hybridized carbons (Fsp3) is 0.0952. The summed E-state index contributed by atoms with van der Waals surface area (Å²) in [6.07, 6.45) is 2.76. The van der Waals surface area contributed by atoms with Gasteiger partial charge in [-0.3, -0.25) is 0 Å². The molecule has 0 amide bonds. The summed E-state index contributed by atoms with van der Waals surface area (Å²) in [4.78, 5) is 8.29. The highest BCUT2D eigenvalue weighted by molar-refractivity contribution is 9.10. The van der Waals surface area contributed by atoms with Crippen LogP contribution >= 0.6 is 51.1 Å². The predicted molar refractivity (Wildman–Crippen MR) is 117 cm³/mol. The maximum atomic E-state index is 6.01. The van der Waals surface area contributed by atoms with E-state index in [9.17, 15) is 0 Å². The summed E-state index contributed by atoms with van der Waals surface area (Å²) in [6, 6.07) is 18.4. The highest BCUT2D eigenvalue weighted by Crippen LogP contribution is 2.40. The Kier molecular flexibility index (Phi) is 6.87. The molecule has 1 heterocycles. The van der Waals surface area contributed by atoms with Crippen molar-refractivity contribution >= 4 is 51.1 Å². The number of aromatic nitrogens is 1. The van der Waals surface area contributed by atoms with E-state index in [2.05, 4.69) is 52.8 Å². The molecule has 0 aliphatic rings. The molecule has 0 radical (unpaired) electrons. The number of benzene rings is 2. The normalized spacial score (nSPS) is 10.7. The Bertz CT molecular complexity index is 909. The Balaban J connectivity index is 2.01. The fourth-order valence-corrected chi connectivity index (χ4v) is 4.88. The Morgan fingerprint density at radius 3 is 2.31 bits per heavy atom. The van der Waals surface area contributed by atoms with Crippen molar-refractivity contribution in [3.05, 3.63) is 88.0 Å². The van der Waals surface area contributed by atoms with Crippen molar-refractivity contribution in [3.63, 3.8) is 0 Å². The number of nitrogens with zero attached hydrogens (tertiary/aromatic N) is 1. The summed E-state index contributed by atoms with van der Waals surface area (Å²) in [6.45, 7) is 5.95. The smallest absolute Gasteiger partial charge is 0.115 e. The number of allylic oxidation sites excluding steroid dienone is 1. The topological polar surface area (TPSA) is 12.9 Å². The monoisotopic (exact) mass is 461 g/mol. The van der Waals surface area contributed by atoms with Crippen molar-refractivity contribution in [1.82, 2.24) is 4.98 Å². The first-order valence-corrected chi connectivity index (χ1v) is 10.8. The summed E-state index contributed by atoms with van der Waals surface area (Å²) >= 11 is 12.9. The minimum atomic E-state index is 0.739. The maximum absolute atomic E-state index is 6.01. The van der Waals surface area contributed by atoms with E-state index in [1.54, 1.807) is 23.5 Å². The number of rotatable bonds is 6. The summed E-state index contributed by atoms with van der Waals surface area (Å²) in [7, 11) is 0. The molecule has 26 heavy (non-hydrogen) atoms. The molecule has 0 fully saturated rings. The van der Waals surface area contributed by atoms with Gasteiger partial charge < -0.3 is 0 Å². The van der Waals surface area contributed by atoms with Crippen LogP contribution in [0.1, 0.15) is 11.3 Å². The molecular weight excluding hydrogens is 446 g/mol. The average molecular weight is 463 g/mol. The molecule has 3 rings (SSSR count). The molecule has 2 aromatic carbocycles. The van der Waals surface area contributed by atoms with Crippen LogP contribution in [-0.2, 0) is 6.42 Å². The lowest BCUT2D eigenvalue weighted by Gasteiger charge is -2.14. The number of hydrogen-bond donors (Lipinski definition) is 0. The minimum absolute atomic E-state index is 0.739. The van der Waals surface area contributed by atoms with Crippen LogP contribution in [0.2, 0.25) is 5.02 Å². The molecule has 0 bridgehead atoms. The second-order valence-corrected chi connectivity index (χ2v) is 9.16. The van der Waals surface area contributed by atoms with Crippen LogP contribution < -0.4 is 0 Å². The van der Waals surface area contributed by atoms with Crippen molar-refractivity contribution in [3.8, 4) is 0 Å². The van der Waals surface area contributed by atoms with Gasteiger partial charge in [-0.05, 0) is 73.5 Å². The van der Waals surface area contributed by atoms with E-state index in [1.807, 2.05) is 37.3 Å². The van der Waals surface area contributed by atoms with Gasteiger partial charge in [0.1, 0.15) is 5.03 Å². The first-order chi connectivity index (χ1) is 12.5. The minimum Gasteiger partial charge on any atom is -0.245 e. The number of aryl methyl sites for hydroxylation is 1.